The molecule has 2 N–H and O–H groups in total. The van der Waals surface area contributed by atoms with Crippen LogP contribution in [0.3, 0.4) is 0 Å². The first kappa shape index (κ1) is 15.8. The van der Waals surface area contributed by atoms with Crippen molar-refractivity contribution in [2.45, 2.75) is 33.7 Å². The van der Waals surface area contributed by atoms with Crippen LogP contribution in [0.25, 0.3) is 0 Å². The molecule has 1 heterocycles. The van der Waals surface area contributed by atoms with Gasteiger partial charge in [0.25, 0.3) is 0 Å². The summed E-state index contributed by atoms with van der Waals surface area (Å²) in [5, 5.41) is 11.8. The number of carboxylic acid groups (broad SMARTS) is 1. The zero-order valence-corrected chi connectivity index (χ0v) is 12.3. The molecule has 0 aromatic rings. The average Bonchev–Trinajstić information content (AvgIpc) is 2.34. The number of rotatable bonds is 3. The lowest BCUT2D eigenvalue weighted by Crippen LogP contribution is -2.57. The van der Waals surface area contributed by atoms with E-state index in [0.29, 0.717) is 13.1 Å². The minimum Gasteiger partial charge on any atom is -0.480 e. The molecule has 19 heavy (non-hydrogen) atoms. The lowest BCUT2D eigenvalue weighted by atomic mass is 9.87. The molecule has 6 nitrogen and oxygen atoms in total. The van der Waals surface area contributed by atoms with Crippen molar-refractivity contribution in [3.8, 4) is 0 Å². The normalized spacial score (nSPS) is 19.1. The maximum atomic E-state index is 12.1. The maximum absolute atomic E-state index is 12.1. The summed E-state index contributed by atoms with van der Waals surface area (Å²) in [6, 6.07) is -1.15. The average molecular weight is 271 g/mol. The van der Waals surface area contributed by atoms with Crippen molar-refractivity contribution in [2.24, 2.45) is 5.41 Å². The number of hydrogen-bond acceptors (Lipinski definition) is 3. The van der Waals surface area contributed by atoms with Gasteiger partial charge in [-0.15, -0.1) is 0 Å². The Labute approximate surface area is 114 Å². The number of nitrogens with one attached hydrogen (secondary N) is 1. The van der Waals surface area contributed by atoms with Crippen molar-refractivity contribution in [1.29, 1.82) is 0 Å². The molecule has 0 radical (unpaired) electrons. The molecule has 110 valence electrons. The molecule has 0 unspecified atom stereocenters. The van der Waals surface area contributed by atoms with E-state index < -0.39 is 17.4 Å². The number of piperazine rings is 1. The van der Waals surface area contributed by atoms with Gasteiger partial charge in [-0.05, 0) is 12.0 Å². The monoisotopic (exact) mass is 271 g/mol. The minimum absolute atomic E-state index is 0.280. The van der Waals surface area contributed by atoms with Gasteiger partial charge >= 0.3 is 12.0 Å². The van der Waals surface area contributed by atoms with Crippen molar-refractivity contribution in [1.82, 2.24) is 15.1 Å². The van der Waals surface area contributed by atoms with Crippen molar-refractivity contribution in [3.05, 3.63) is 0 Å². The summed E-state index contributed by atoms with van der Waals surface area (Å²) in [6.45, 7) is 11.5. The summed E-state index contributed by atoms with van der Waals surface area (Å²) in [6.07, 6.45) is 0. The van der Waals surface area contributed by atoms with Gasteiger partial charge in [0.1, 0.15) is 6.04 Å². The molecule has 1 aliphatic heterocycles. The zero-order chi connectivity index (χ0) is 14.6. The molecule has 0 saturated carbocycles. The second-order valence-corrected chi connectivity index (χ2v) is 6.01. The Morgan fingerprint density at radius 1 is 1.21 bits per heavy atom. The van der Waals surface area contributed by atoms with Crippen molar-refractivity contribution >= 4 is 12.0 Å². The molecule has 1 saturated heterocycles. The summed E-state index contributed by atoms with van der Waals surface area (Å²) in [5.74, 6) is -0.993. The van der Waals surface area contributed by atoms with Gasteiger partial charge in [0.2, 0.25) is 0 Å². The van der Waals surface area contributed by atoms with Crippen molar-refractivity contribution < 1.29 is 14.7 Å². The van der Waals surface area contributed by atoms with Gasteiger partial charge in [0.15, 0.2) is 0 Å². The van der Waals surface area contributed by atoms with E-state index in [1.165, 1.54) is 0 Å². The Hall–Kier alpha value is -1.30. The van der Waals surface area contributed by atoms with E-state index in [-0.39, 0.29) is 6.03 Å². The molecule has 0 aromatic carbocycles. The third-order valence-electron chi connectivity index (χ3n) is 3.49. The Kier molecular flexibility index (Phi) is 5.17. The first-order valence-electron chi connectivity index (χ1n) is 6.76. The highest BCUT2D eigenvalue weighted by atomic mass is 16.4. The summed E-state index contributed by atoms with van der Waals surface area (Å²) >= 11 is 0. The molecule has 1 atom stereocenters. The molecule has 2 amide bonds. The predicted octanol–water partition coefficient (Wildman–Crippen LogP) is 0.833. The lowest BCUT2D eigenvalue weighted by molar-refractivity contribution is -0.142. The van der Waals surface area contributed by atoms with Crippen molar-refractivity contribution in [3.63, 3.8) is 0 Å². The highest BCUT2D eigenvalue weighted by Crippen LogP contribution is 2.19. The van der Waals surface area contributed by atoms with Gasteiger partial charge in [-0.25, -0.2) is 9.59 Å². The fourth-order valence-corrected chi connectivity index (χ4v) is 2.13. The third kappa shape index (κ3) is 4.38. The van der Waals surface area contributed by atoms with Crippen LogP contribution in [0.2, 0.25) is 0 Å². The molecular weight excluding hydrogens is 246 g/mol. The SMILES string of the molecule is CCN1CCN(C(=O)N[C@@H](C(=O)O)C(C)(C)C)CC1. The van der Waals surface area contributed by atoms with E-state index in [1.54, 1.807) is 25.7 Å². The predicted molar refractivity (Wildman–Crippen MR) is 73.1 cm³/mol. The van der Waals surface area contributed by atoms with E-state index in [2.05, 4.69) is 17.1 Å². The number of carbonyl (C=O) groups is 2. The fourth-order valence-electron chi connectivity index (χ4n) is 2.13. The van der Waals surface area contributed by atoms with E-state index in [4.69, 9.17) is 0 Å². The Bertz CT molecular complexity index is 331. The second-order valence-electron chi connectivity index (χ2n) is 6.01. The van der Waals surface area contributed by atoms with Crippen LogP contribution < -0.4 is 5.32 Å². The largest absolute Gasteiger partial charge is 0.480 e. The van der Waals surface area contributed by atoms with Gasteiger partial charge in [-0.2, -0.15) is 0 Å². The number of carbonyl (C=O) groups excluding carboxylic acids is 1. The van der Waals surface area contributed by atoms with Crippen LogP contribution >= 0.6 is 0 Å². The molecule has 1 rings (SSSR count). The van der Waals surface area contributed by atoms with Gasteiger partial charge in [0.05, 0.1) is 0 Å². The summed E-state index contributed by atoms with van der Waals surface area (Å²) in [7, 11) is 0. The smallest absolute Gasteiger partial charge is 0.326 e. The van der Waals surface area contributed by atoms with Crippen LogP contribution in [-0.2, 0) is 4.79 Å². The molecule has 1 aliphatic rings. The Morgan fingerprint density at radius 3 is 2.11 bits per heavy atom. The number of hydrogen-bond donors (Lipinski definition) is 2. The fraction of sp³-hybridized carbons (Fsp3) is 0.846. The minimum atomic E-state index is -0.993. The number of aliphatic carboxylic acids is 1. The van der Waals surface area contributed by atoms with Crippen LogP contribution in [0.15, 0.2) is 0 Å². The lowest BCUT2D eigenvalue weighted by Gasteiger charge is -2.36. The van der Waals surface area contributed by atoms with E-state index in [0.717, 1.165) is 19.6 Å². The maximum Gasteiger partial charge on any atom is 0.326 e. The highest BCUT2D eigenvalue weighted by molar-refractivity contribution is 5.83. The molecule has 6 heteroatoms. The van der Waals surface area contributed by atoms with Gasteiger partial charge < -0.3 is 20.2 Å². The summed E-state index contributed by atoms with van der Waals surface area (Å²) in [4.78, 5) is 27.3. The molecular formula is C13H25N3O3. The Morgan fingerprint density at radius 2 is 1.74 bits per heavy atom. The molecule has 1 fully saturated rings. The van der Waals surface area contributed by atoms with Crippen molar-refractivity contribution in [2.75, 3.05) is 32.7 Å². The third-order valence-corrected chi connectivity index (χ3v) is 3.49. The number of likely N-dealkylation sites (N-methyl/N-ethyl adjacent to an activating group) is 1. The quantitative estimate of drug-likeness (QED) is 0.797. The number of amides is 2. The number of carboxylic acids is 1. The first-order chi connectivity index (χ1) is 8.75. The zero-order valence-electron chi connectivity index (χ0n) is 12.3. The van der Waals surface area contributed by atoms with Gasteiger partial charge in [-0.1, -0.05) is 27.7 Å². The second kappa shape index (κ2) is 6.23. The van der Waals surface area contributed by atoms with Gasteiger partial charge in [0, 0.05) is 26.2 Å². The van der Waals surface area contributed by atoms with Crippen LogP contribution in [0.5, 0.6) is 0 Å². The number of urea groups is 1. The summed E-state index contributed by atoms with van der Waals surface area (Å²) < 4.78 is 0. The highest BCUT2D eigenvalue weighted by Gasteiger charge is 2.34. The van der Waals surface area contributed by atoms with Crippen LogP contribution in [0.4, 0.5) is 4.79 Å². The van der Waals surface area contributed by atoms with Gasteiger partial charge in [-0.3, -0.25) is 0 Å². The van der Waals surface area contributed by atoms with Crippen LogP contribution in [0.1, 0.15) is 27.7 Å². The van der Waals surface area contributed by atoms with Crippen LogP contribution in [-0.4, -0.2) is 65.7 Å². The molecule has 0 aromatic heterocycles. The molecule has 0 aliphatic carbocycles. The van der Waals surface area contributed by atoms with Crippen LogP contribution in [0, 0.1) is 5.41 Å². The van der Waals surface area contributed by atoms with E-state index in [9.17, 15) is 14.7 Å². The molecule has 0 bridgehead atoms. The standard InChI is InChI=1S/C13H25N3O3/c1-5-15-6-8-16(9-7-15)12(19)14-10(11(17)18)13(2,3)4/h10H,5-9H2,1-4H3,(H,14,19)(H,17,18)/t10-/m0/s1. The summed E-state index contributed by atoms with van der Waals surface area (Å²) in [5.41, 5.74) is -0.507. The van der Waals surface area contributed by atoms with E-state index >= 15 is 0 Å². The molecule has 0 spiro atoms. The van der Waals surface area contributed by atoms with E-state index in [1.807, 2.05) is 0 Å². The topological polar surface area (TPSA) is 72.9 Å². The first-order valence-corrected chi connectivity index (χ1v) is 6.76. The Balaban J connectivity index is 2.57. The number of nitrogens with zero attached hydrogens (tertiary/aromatic N) is 2.